The fraction of sp³-hybridized carbons (Fsp3) is 0.875. The molecule has 2 aliphatic rings. The van der Waals surface area contributed by atoms with Gasteiger partial charge in [-0.25, -0.2) is 0 Å². The summed E-state index contributed by atoms with van der Waals surface area (Å²) >= 11 is 0. The lowest BCUT2D eigenvalue weighted by Gasteiger charge is -2.40. The van der Waals surface area contributed by atoms with Crippen molar-refractivity contribution in [1.82, 2.24) is 4.90 Å². The first-order valence-corrected chi connectivity index (χ1v) is 8.38. The average molecular weight is 335 g/mol. The largest absolute Gasteiger partial charge is 0.481 e. The minimum absolute atomic E-state index is 0.00963. The molecule has 132 valence electrons. The molecule has 4 nitrogen and oxygen atoms in total. The number of carboxylic acids is 1. The number of rotatable bonds is 4. The Labute approximate surface area is 134 Å². The molecule has 1 heterocycles. The number of nitrogens with zero attached hydrogens (tertiary/aromatic N) is 1. The van der Waals surface area contributed by atoms with Crippen LogP contribution in [0.2, 0.25) is 0 Å². The predicted octanol–water partition coefficient (Wildman–Crippen LogP) is 3.60. The first kappa shape index (κ1) is 18.1. The number of carbonyl (C=O) groups excluding carboxylic acids is 1. The first-order chi connectivity index (χ1) is 10.8. The van der Waals surface area contributed by atoms with Crippen molar-refractivity contribution in [2.75, 3.05) is 6.54 Å². The van der Waals surface area contributed by atoms with Crippen LogP contribution in [0, 0.1) is 11.8 Å². The second kappa shape index (κ2) is 7.53. The maximum atomic E-state index is 12.9. The SMILES string of the molecule is O=C(O)CCC1CCCCN1C(=O)C1CCCC(C(F)(F)F)C1. The third-order valence-electron chi connectivity index (χ3n) is 5.09. The van der Waals surface area contributed by atoms with Crippen molar-refractivity contribution in [2.24, 2.45) is 11.8 Å². The number of amides is 1. The summed E-state index contributed by atoms with van der Waals surface area (Å²) in [6.45, 7) is 0.538. The van der Waals surface area contributed by atoms with Gasteiger partial charge in [-0.3, -0.25) is 9.59 Å². The Balaban J connectivity index is 2.00. The van der Waals surface area contributed by atoms with Crippen molar-refractivity contribution in [1.29, 1.82) is 0 Å². The van der Waals surface area contributed by atoms with Crippen LogP contribution in [0.25, 0.3) is 0 Å². The molecule has 0 spiro atoms. The number of carbonyl (C=O) groups is 2. The molecule has 0 radical (unpaired) electrons. The molecule has 3 unspecified atom stereocenters. The summed E-state index contributed by atoms with van der Waals surface area (Å²) in [4.78, 5) is 25.1. The second-order valence-electron chi connectivity index (χ2n) is 6.72. The number of hydrogen-bond acceptors (Lipinski definition) is 2. The molecule has 7 heteroatoms. The summed E-state index contributed by atoms with van der Waals surface area (Å²) < 4.78 is 38.7. The summed E-state index contributed by atoms with van der Waals surface area (Å²) in [5.74, 6) is -3.06. The van der Waals surface area contributed by atoms with Gasteiger partial charge < -0.3 is 10.0 Å². The molecule has 0 aromatic carbocycles. The lowest BCUT2D eigenvalue weighted by atomic mass is 9.79. The highest BCUT2D eigenvalue weighted by atomic mass is 19.4. The molecule has 3 atom stereocenters. The molecule has 0 bridgehead atoms. The summed E-state index contributed by atoms with van der Waals surface area (Å²) in [5, 5.41) is 8.81. The molecule has 1 aliphatic heterocycles. The first-order valence-electron chi connectivity index (χ1n) is 8.38. The molecule has 1 saturated heterocycles. The predicted molar refractivity (Wildman–Crippen MR) is 77.7 cm³/mol. The van der Waals surface area contributed by atoms with Crippen LogP contribution in [-0.4, -0.2) is 40.6 Å². The Morgan fingerprint density at radius 2 is 1.83 bits per heavy atom. The third-order valence-corrected chi connectivity index (χ3v) is 5.09. The van der Waals surface area contributed by atoms with Gasteiger partial charge in [-0.15, -0.1) is 0 Å². The summed E-state index contributed by atoms with van der Waals surface area (Å²) in [6, 6.07) is -0.140. The maximum absolute atomic E-state index is 12.9. The van der Waals surface area contributed by atoms with E-state index in [-0.39, 0.29) is 31.2 Å². The molecule has 2 fully saturated rings. The van der Waals surface area contributed by atoms with E-state index >= 15 is 0 Å². The number of halogens is 3. The van der Waals surface area contributed by atoms with Gasteiger partial charge in [0.25, 0.3) is 0 Å². The van der Waals surface area contributed by atoms with Crippen LogP contribution in [0.15, 0.2) is 0 Å². The van der Waals surface area contributed by atoms with Crippen LogP contribution in [0.4, 0.5) is 13.2 Å². The zero-order valence-corrected chi connectivity index (χ0v) is 13.1. The van der Waals surface area contributed by atoms with Gasteiger partial charge in [-0.1, -0.05) is 6.42 Å². The van der Waals surface area contributed by atoms with Gasteiger partial charge in [-0.05, 0) is 44.9 Å². The minimum atomic E-state index is -4.23. The van der Waals surface area contributed by atoms with E-state index in [1.165, 1.54) is 0 Å². The number of aliphatic carboxylic acids is 1. The number of hydrogen-bond donors (Lipinski definition) is 1. The van der Waals surface area contributed by atoms with Crippen LogP contribution in [0.5, 0.6) is 0 Å². The van der Waals surface area contributed by atoms with Crippen molar-refractivity contribution in [2.45, 2.75) is 70.0 Å². The van der Waals surface area contributed by atoms with Gasteiger partial charge in [0.05, 0.1) is 5.92 Å². The van der Waals surface area contributed by atoms with E-state index in [4.69, 9.17) is 5.11 Å². The average Bonchev–Trinajstić information content (AvgIpc) is 2.52. The van der Waals surface area contributed by atoms with Crippen LogP contribution in [0.3, 0.4) is 0 Å². The van der Waals surface area contributed by atoms with Crippen molar-refractivity contribution in [3.63, 3.8) is 0 Å². The Kier molecular flexibility index (Phi) is 5.92. The Bertz CT molecular complexity index is 439. The fourth-order valence-corrected chi connectivity index (χ4v) is 3.83. The number of carboxylic acid groups (broad SMARTS) is 1. The molecular weight excluding hydrogens is 311 g/mol. The second-order valence-corrected chi connectivity index (χ2v) is 6.72. The van der Waals surface area contributed by atoms with Crippen molar-refractivity contribution >= 4 is 11.9 Å². The van der Waals surface area contributed by atoms with E-state index in [2.05, 4.69) is 0 Å². The maximum Gasteiger partial charge on any atom is 0.391 e. The number of likely N-dealkylation sites (tertiary alicyclic amines) is 1. The molecule has 1 amide bonds. The van der Waals surface area contributed by atoms with Crippen LogP contribution in [-0.2, 0) is 9.59 Å². The third kappa shape index (κ3) is 4.85. The highest BCUT2D eigenvalue weighted by molar-refractivity contribution is 5.79. The van der Waals surface area contributed by atoms with Gasteiger partial charge in [-0.2, -0.15) is 13.2 Å². The van der Waals surface area contributed by atoms with Gasteiger partial charge in [0.2, 0.25) is 5.91 Å². The van der Waals surface area contributed by atoms with Gasteiger partial charge in [0, 0.05) is 24.9 Å². The summed E-state index contributed by atoms with van der Waals surface area (Å²) in [5.41, 5.74) is 0. The molecule has 2 rings (SSSR count). The van der Waals surface area contributed by atoms with E-state index in [9.17, 15) is 22.8 Å². The van der Waals surface area contributed by atoms with E-state index < -0.39 is 24.0 Å². The Hall–Kier alpha value is -1.27. The molecule has 1 N–H and O–H groups in total. The Morgan fingerprint density at radius 3 is 2.48 bits per heavy atom. The van der Waals surface area contributed by atoms with Crippen molar-refractivity contribution in [3.05, 3.63) is 0 Å². The molecule has 0 aromatic heterocycles. The number of piperidine rings is 1. The zero-order chi connectivity index (χ0) is 17.0. The highest BCUT2D eigenvalue weighted by Crippen LogP contribution is 2.41. The lowest BCUT2D eigenvalue weighted by Crippen LogP contribution is -2.48. The standard InChI is InChI=1S/C16H24F3NO3/c17-16(18,19)12-5-3-4-11(10-12)15(23)20-9-2-1-6-13(20)7-8-14(21)22/h11-13H,1-10H2,(H,21,22). The quantitative estimate of drug-likeness (QED) is 0.854. The number of alkyl halides is 3. The monoisotopic (exact) mass is 335 g/mol. The molecule has 23 heavy (non-hydrogen) atoms. The molecule has 0 aromatic rings. The van der Waals surface area contributed by atoms with Gasteiger partial charge in [0.15, 0.2) is 0 Å². The van der Waals surface area contributed by atoms with Crippen LogP contribution in [0.1, 0.15) is 57.8 Å². The highest BCUT2D eigenvalue weighted by Gasteiger charge is 2.44. The minimum Gasteiger partial charge on any atom is -0.481 e. The van der Waals surface area contributed by atoms with Crippen LogP contribution < -0.4 is 0 Å². The lowest BCUT2D eigenvalue weighted by molar-refractivity contribution is -0.187. The molecule has 1 saturated carbocycles. The van der Waals surface area contributed by atoms with Crippen LogP contribution >= 0.6 is 0 Å². The summed E-state index contributed by atoms with van der Waals surface area (Å²) in [7, 11) is 0. The van der Waals surface area contributed by atoms with Crippen molar-refractivity contribution < 1.29 is 27.9 Å². The normalized spacial score (nSPS) is 29.3. The Morgan fingerprint density at radius 1 is 1.09 bits per heavy atom. The van der Waals surface area contributed by atoms with Crippen molar-refractivity contribution in [3.8, 4) is 0 Å². The zero-order valence-electron chi connectivity index (χ0n) is 13.1. The van der Waals surface area contributed by atoms with E-state index in [1.807, 2.05) is 0 Å². The van der Waals surface area contributed by atoms with Gasteiger partial charge in [0.1, 0.15) is 0 Å². The van der Waals surface area contributed by atoms with E-state index in [0.29, 0.717) is 25.8 Å². The molecular formula is C16H24F3NO3. The smallest absolute Gasteiger partial charge is 0.391 e. The fourth-order valence-electron chi connectivity index (χ4n) is 3.83. The van der Waals surface area contributed by atoms with E-state index in [1.54, 1.807) is 4.90 Å². The summed E-state index contributed by atoms with van der Waals surface area (Å²) in [6.07, 6.45) is -0.421. The topological polar surface area (TPSA) is 57.6 Å². The molecule has 1 aliphatic carbocycles. The van der Waals surface area contributed by atoms with Gasteiger partial charge >= 0.3 is 12.1 Å². The van der Waals surface area contributed by atoms with E-state index in [0.717, 1.165) is 19.3 Å².